The van der Waals surface area contributed by atoms with E-state index in [1.165, 1.54) is 0 Å². The van der Waals surface area contributed by atoms with Gasteiger partial charge in [-0.05, 0) is 6.42 Å². The fraction of sp³-hybridized carbons (Fsp3) is 0.500. The maximum atomic E-state index is 11.0. The summed E-state index contributed by atoms with van der Waals surface area (Å²) in [5.41, 5.74) is 0. The average Bonchev–Trinajstić information content (AvgIpc) is 2.73. The third-order valence-electron chi connectivity index (χ3n) is 2.43. The molecule has 0 spiro atoms. The second-order valence-electron chi connectivity index (χ2n) is 3.61. The fourth-order valence-electron chi connectivity index (χ4n) is 1.59. The quantitative estimate of drug-likeness (QED) is 0.759. The van der Waals surface area contributed by atoms with E-state index in [0.29, 0.717) is 24.8 Å². The summed E-state index contributed by atoms with van der Waals surface area (Å²) in [6, 6.07) is 1.85. The normalized spacial score (nSPS) is 19.3. The molecule has 0 aliphatic carbocycles. The zero-order valence-electron chi connectivity index (χ0n) is 9.06. The Labute approximate surface area is 93.4 Å². The zero-order chi connectivity index (χ0) is 11.4. The largest absolute Gasteiger partial charge is 0.481 e. The standard InChI is InChI=1S/C10H14N4O2/c1-16-9-4-5-11-10(14-9)12-6-7-2-3-8(15)13-7/h4-5,7H,2-3,6H2,1H3,(H,13,15)(H,11,12,14). The Morgan fingerprint density at radius 3 is 3.25 bits per heavy atom. The molecule has 0 radical (unpaired) electrons. The zero-order valence-corrected chi connectivity index (χ0v) is 9.06. The van der Waals surface area contributed by atoms with Crippen LogP contribution in [0.5, 0.6) is 5.88 Å². The molecule has 16 heavy (non-hydrogen) atoms. The van der Waals surface area contributed by atoms with Crippen LogP contribution >= 0.6 is 0 Å². The smallest absolute Gasteiger partial charge is 0.226 e. The second-order valence-corrected chi connectivity index (χ2v) is 3.61. The average molecular weight is 222 g/mol. The monoisotopic (exact) mass is 222 g/mol. The molecule has 1 amide bonds. The van der Waals surface area contributed by atoms with Gasteiger partial charge in [-0.15, -0.1) is 0 Å². The van der Waals surface area contributed by atoms with Gasteiger partial charge in [0.15, 0.2) is 0 Å². The molecule has 86 valence electrons. The predicted octanol–water partition coefficient (Wildman–Crippen LogP) is 0.176. The molecule has 1 aliphatic rings. The molecule has 0 bridgehead atoms. The van der Waals surface area contributed by atoms with Crippen LogP contribution in [0.15, 0.2) is 12.3 Å². The summed E-state index contributed by atoms with van der Waals surface area (Å²) in [4.78, 5) is 19.1. The van der Waals surface area contributed by atoms with E-state index < -0.39 is 0 Å². The van der Waals surface area contributed by atoms with Gasteiger partial charge in [-0.3, -0.25) is 4.79 Å². The Kier molecular flexibility index (Phi) is 3.19. The second kappa shape index (κ2) is 4.78. The minimum atomic E-state index is 0.110. The maximum Gasteiger partial charge on any atom is 0.226 e. The number of nitrogens with zero attached hydrogens (tertiary/aromatic N) is 2. The maximum absolute atomic E-state index is 11.0. The van der Waals surface area contributed by atoms with E-state index in [-0.39, 0.29) is 11.9 Å². The van der Waals surface area contributed by atoms with Gasteiger partial charge >= 0.3 is 0 Å². The van der Waals surface area contributed by atoms with E-state index in [1.807, 2.05) is 0 Å². The third kappa shape index (κ3) is 2.59. The van der Waals surface area contributed by atoms with Gasteiger partial charge in [0, 0.05) is 31.3 Å². The summed E-state index contributed by atoms with van der Waals surface area (Å²) in [7, 11) is 1.56. The molecule has 2 N–H and O–H groups in total. The Hall–Kier alpha value is -1.85. The highest BCUT2D eigenvalue weighted by molar-refractivity contribution is 5.78. The van der Waals surface area contributed by atoms with Gasteiger partial charge in [0.05, 0.1) is 7.11 Å². The lowest BCUT2D eigenvalue weighted by Gasteiger charge is -2.11. The summed E-state index contributed by atoms with van der Waals surface area (Å²) in [6.45, 7) is 0.638. The number of methoxy groups -OCH3 is 1. The number of amides is 1. The van der Waals surface area contributed by atoms with Crippen molar-refractivity contribution in [3.8, 4) is 5.88 Å². The van der Waals surface area contributed by atoms with Crippen molar-refractivity contribution in [3.05, 3.63) is 12.3 Å². The summed E-state index contributed by atoms with van der Waals surface area (Å²) in [5, 5.41) is 5.93. The van der Waals surface area contributed by atoms with Crippen LogP contribution in [0.3, 0.4) is 0 Å². The number of carbonyl (C=O) groups is 1. The highest BCUT2D eigenvalue weighted by Gasteiger charge is 2.20. The molecule has 1 aromatic heterocycles. The Morgan fingerprint density at radius 2 is 2.56 bits per heavy atom. The van der Waals surface area contributed by atoms with Crippen molar-refractivity contribution in [3.63, 3.8) is 0 Å². The highest BCUT2D eigenvalue weighted by atomic mass is 16.5. The van der Waals surface area contributed by atoms with Crippen LogP contribution in [0, 0.1) is 0 Å². The van der Waals surface area contributed by atoms with Crippen molar-refractivity contribution in [2.45, 2.75) is 18.9 Å². The van der Waals surface area contributed by atoms with E-state index in [2.05, 4.69) is 20.6 Å². The molecule has 6 nitrogen and oxygen atoms in total. The van der Waals surface area contributed by atoms with Crippen LogP contribution in [0.25, 0.3) is 0 Å². The van der Waals surface area contributed by atoms with Crippen molar-refractivity contribution < 1.29 is 9.53 Å². The highest BCUT2D eigenvalue weighted by Crippen LogP contribution is 2.09. The third-order valence-corrected chi connectivity index (χ3v) is 2.43. The topological polar surface area (TPSA) is 76.1 Å². The number of carbonyl (C=O) groups excluding carboxylic acids is 1. The number of ether oxygens (including phenoxy) is 1. The van der Waals surface area contributed by atoms with E-state index in [4.69, 9.17) is 4.74 Å². The summed E-state index contributed by atoms with van der Waals surface area (Å²) < 4.78 is 4.98. The Bertz CT molecular complexity index is 383. The molecule has 1 aliphatic heterocycles. The number of hydrogen-bond acceptors (Lipinski definition) is 5. The predicted molar refractivity (Wildman–Crippen MR) is 58.2 cm³/mol. The van der Waals surface area contributed by atoms with Gasteiger partial charge in [0.25, 0.3) is 0 Å². The Balaban J connectivity index is 1.87. The van der Waals surface area contributed by atoms with Gasteiger partial charge in [0.2, 0.25) is 17.7 Å². The number of anilines is 1. The van der Waals surface area contributed by atoms with Crippen LogP contribution in [-0.2, 0) is 4.79 Å². The van der Waals surface area contributed by atoms with E-state index >= 15 is 0 Å². The first-order chi connectivity index (χ1) is 7.78. The van der Waals surface area contributed by atoms with Crippen molar-refractivity contribution in [2.75, 3.05) is 19.0 Å². The first kappa shape index (κ1) is 10.7. The summed E-state index contributed by atoms with van der Waals surface area (Å²) in [6.07, 6.45) is 3.09. The van der Waals surface area contributed by atoms with Crippen LogP contribution in [-0.4, -0.2) is 35.6 Å². The molecular formula is C10H14N4O2. The summed E-state index contributed by atoms with van der Waals surface area (Å²) in [5.74, 6) is 1.15. The molecule has 2 heterocycles. The van der Waals surface area contributed by atoms with E-state index in [0.717, 1.165) is 6.42 Å². The number of aromatic nitrogens is 2. The van der Waals surface area contributed by atoms with Crippen molar-refractivity contribution >= 4 is 11.9 Å². The lowest BCUT2D eigenvalue weighted by Crippen LogP contribution is -2.32. The van der Waals surface area contributed by atoms with Crippen molar-refractivity contribution in [1.82, 2.24) is 15.3 Å². The van der Waals surface area contributed by atoms with Gasteiger partial charge in [-0.2, -0.15) is 4.98 Å². The number of hydrogen-bond donors (Lipinski definition) is 2. The molecular weight excluding hydrogens is 208 g/mol. The molecule has 1 aromatic rings. The molecule has 1 unspecified atom stereocenters. The van der Waals surface area contributed by atoms with Crippen LogP contribution in [0.4, 0.5) is 5.95 Å². The minimum absolute atomic E-state index is 0.110. The summed E-state index contributed by atoms with van der Waals surface area (Å²) >= 11 is 0. The lowest BCUT2D eigenvalue weighted by molar-refractivity contribution is -0.119. The van der Waals surface area contributed by atoms with Crippen molar-refractivity contribution in [1.29, 1.82) is 0 Å². The first-order valence-electron chi connectivity index (χ1n) is 5.18. The molecule has 1 fully saturated rings. The fourth-order valence-corrected chi connectivity index (χ4v) is 1.59. The van der Waals surface area contributed by atoms with Gasteiger partial charge in [-0.1, -0.05) is 0 Å². The minimum Gasteiger partial charge on any atom is -0.481 e. The lowest BCUT2D eigenvalue weighted by atomic mass is 10.2. The molecule has 1 saturated heterocycles. The SMILES string of the molecule is COc1ccnc(NCC2CCC(=O)N2)n1. The van der Waals surface area contributed by atoms with Crippen LogP contribution < -0.4 is 15.4 Å². The molecule has 0 saturated carbocycles. The van der Waals surface area contributed by atoms with E-state index in [9.17, 15) is 4.79 Å². The Morgan fingerprint density at radius 1 is 1.69 bits per heavy atom. The molecule has 1 atom stereocenters. The van der Waals surface area contributed by atoms with Gasteiger partial charge in [0.1, 0.15) is 0 Å². The number of nitrogens with one attached hydrogen (secondary N) is 2. The van der Waals surface area contributed by atoms with Crippen LogP contribution in [0.2, 0.25) is 0 Å². The van der Waals surface area contributed by atoms with Gasteiger partial charge in [-0.25, -0.2) is 4.98 Å². The molecule has 6 heteroatoms. The molecule has 2 rings (SSSR count). The van der Waals surface area contributed by atoms with Crippen molar-refractivity contribution in [2.24, 2.45) is 0 Å². The number of rotatable bonds is 4. The van der Waals surface area contributed by atoms with E-state index in [1.54, 1.807) is 19.4 Å². The molecule has 0 aromatic carbocycles. The van der Waals surface area contributed by atoms with Crippen LogP contribution in [0.1, 0.15) is 12.8 Å². The van der Waals surface area contributed by atoms with Gasteiger partial charge < -0.3 is 15.4 Å². The first-order valence-corrected chi connectivity index (χ1v) is 5.18.